The topological polar surface area (TPSA) is 111 Å². The maximum atomic E-state index is 13.9. The molecule has 2 fully saturated rings. The van der Waals surface area contributed by atoms with Crippen LogP contribution in [0.4, 0.5) is 0 Å². The Morgan fingerprint density at radius 3 is 2.26 bits per heavy atom. The first kappa shape index (κ1) is 27.0. The molecule has 0 saturated carbocycles. The Bertz CT molecular complexity index is 1250. The van der Waals surface area contributed by atoms with Crippen molar-refractivity contribution in [1.82, 2.24) is 30.4 Å². The molecule has 0 spiro atoms. The summed E-state index contributed by atoms with van der Waals surface area (Å²) in [5.74, 6) is -0.0818. The molecular weight excluding hydrogens is 496 g/mol. The Kier molecular flexibility index (Phi) is 8.63. The number of carbonyl (C=O) groups is 2. The number of carbonyl (C=O) groups excluding carboxylic acids is 2. The normalized spacial score (nSPS) is 19.6. The molecule has 0 radical (unpaired) electrons. The molecule has 0 bridgehead atoms. The second-order valence-electron chi connectivity index (χ2n) is 10.4. The van der Waals surface area contributed by atoms with Gasteiger partial charge in [0.2, 0.25) is 17.6 Å². The van der Waals surface area contributed by atoms with Crippen LogP contribution in [0.2, 0.25) is 0 Å². The van der Waals surface area contributed by atoms with Gasteiger partial charge in [-0.05, 0) is 50.3 Å². The van der Waals surface area contributed by atoms with Gasteiger partial charge in [-0.15, -0.1) is 10.2 Å². The van der Waals surface area contributed by atoms with Gasteiger partial charge in [0, 0.05) is 31.9 Å². The first-order chi connectivity index (χ1) is 19.0. The SMILES string of the molecule is Cc1ccc(-c2nnn(CC(=O)N(CC3CCCO3)C(C(=O)NCC3CCCO3)c3ccc(C)cc3)n2)cc1. The number of nitrogens with zero attached hydrogens (tertiary/aromatic N) is 5. The third kappa shape index (κ3) is 6.88. The lowest BCUT2D eigenvalue weighted by Gasteiger charge is -2.33. The first-order valence-electron chi connectivity index (χ1n) is 13.7. The molecule has 5 rings (SSSR count). The monoisotopic (exact) mass is 532 g/mol. The predicted octanol–water partition coefficient (Wildman–Crippen LogP) is 3.00. The zero-order valence-corrected chi connectivity index (χ0v) is 22.6. The smallest absolute Gasteiger partial charge is 0.247 e. The number of hydrogen-bond donors (Lipinski definition) is 1. The maximum absolute atomic E-state index is 13.9. The summed E-state index contributed by atoms with van der Waals surface area (Å²) in [5.41, 5.74) is 3.76. The Balaban J connectivity index is 1.40. The van der Waals surface area contributed by atoms with Crippen molar-refractivity contribution >= 4 is 11.8 Å². The molecular formula is C29H36N6O4. The van der Waals surface area contributed by atoms with Crippen molar-refractivity contribution in [2.75, 3.05) is 26.3 Å². The summed E-state index contributed by atoms with van der Waals surface area (Å²) >= 11 is 0. The van der Waals surface area contributed by atoms with Crippen LogP contribution in [0.5, 0.6) is 0 Å². The van der Waals surface area contributed by atoms with E-state index in [-0.39, 0.29) is 30.6 Å². The van der Waals surface area contributed by atoms with E-state index in [0.717, 1.165) is 47.9 Å². The molecule has 2 aromatic carbocycles. The minimum absolute atomic E-state index is 0.00511. The highest BCUT2D eigenvalue weighted by Crippen LogP contribution is 2.26. The van der Waals surface area contributed by atoms with E-state index < -0.39 is 6.04 Å². The number of ether oxygens (including phenoxy) is 2. The van der Waals surface area contributed by atoms with Crippen LogP contribution in [0.15, 0.2) is 48.5 Å². The Hall–Kier alpha value is -3.63. The molecule has 3 aromatic rings. The molecule has 1 aromatic heterocycles. The van der Waals surface area contributed by atoms with Crippen molar-refractivity contribution < 1.29 is 19.1 Å². The molecule has 206 valence electrons. The van der Waals surface area contributed by atoms with Crippen LogP contribution < -0.4 is 5.32 Å². The van der Waals surface area contributed by atoms with E-state index in [9.17, 15) is 9.59 Å². The first-order valence-corrected chi connectivity index (χ1v) is 13.7. The molecule has 3 unspecified atom stereocenters. The van der Waals surface area contributed by atoms with E-state index in [0.29, 0.717) is 32.1 Å². The average molecular weight is 533 g/mol. The quantitative estimate of drug-likeness (QED) is 0.427. The summed E-state index contributed by atoms with van der Waals surface area (Å²) in [4.78, 5) is 30.5. The Morgan fingerprint density at radius 1 is 0.974 bits per heavy atom. The van der Waals surface area contributed by atoms with Crippen LogP contribution >= 0.6 is 0 Å². The number of tetrazole rings is 1. The van der Waals surface area contributed by atoms with Gasteiger partial charge in [-0.25, -0.2) is 0 Å². The highest BCUT2D eigenvalue weighted by molar-refractivity contribution is 5.88. The van der Waals surface area contributed by atoms with Gasteiger partial charge >= 0.3 is 0 Å². The summed E-state index contributed by atoms with van der Waals surface area (Å²) in [6.07, 6.45) is 3.52. The van der Waals surface area contributed by atoms with E-state index in [1.54, 1.807) is 4.90 Å². The number of hydrogen-bond acceptors (Lipinski definition) is 7. The molecule has 3 heterocycles. The van der Waals surface area contributed by atoms with Gasteiger partial charge in [0.1, 0.15) is 12.6 Å². The average Bonchev–Trinajstić information content (AvgIpc) is 3.72. The molecule has 0 aliphatic carbocycles. The fraction of sp³-hybridized carbons (Fsp3) is 0.483. The van der Waals surface area contributed by atoms with Crippen molar-refractivity contribution in [3.63, 3.8) is 0 Å². The Morgan fingerprint density at radius 2 is 1.62 bits per heavy atom. The molecule has 2 saturated heterocycles. The molecule has 10 heteroatoms. The molecule has 2 amide bonds. The van der Waals surface area contributed by atoms with Gasteiger partial charge in [0.15, 0.2) is 0 Å². The van der Waals surface area contributed by atoms with Crippen molar-refractivity contribution in [2.24, 2.45) is 0 Å². The van der Waals surface area contributed by atoms with Crippen LogP contribution in [-0.2, 0) is 25.6 Å². The van der Waals surface area contributed by atoms with Crippen LogP contribution in [0, 0.1) is 13.8 Å². The largest absolute Gasteiger partial charge is 0.376 e. The number of nitrogens with one attached hydrogen (secondary N) is 1. The second kappa shape index (κ2) is 12.5. The Labute approximate surface area is 228 Å². The molecule has 2 aliphatic heterocycles. The van der Waals surface area contributed by atoms with Crippen LogP contribution in [-0.4, -0.2) is 75.4 Å². The van der Waals surface area contributed by atoms with Crippen molar-refractivity contribution in [1.29, 1.82) is 0 Å². The predicted molar refractivity (Wildman–Crippen MR) is 145 cm³/mol. The van der Waals surface area contributed by atoms with Crippen molar-refractivity contribution in [2.45, 2.75) is 64.3 Å². The zero-order valence-electron chi connectivity index (χ0n) is 22.6. The lowest BCUT2D eigenvalue weighted by atomic mass is 10.0. The van der Waals surface area contributed by atoms with Crippen molar-refractivity contribution in [3.8, 4) is 11.4 Å². The fourth-order valence-corrected chi connectivity index (χ4v) is 5.04. The number of aromatic nitrogens is 4. The van der Waals surface area contributed by atoms with Gasteiger partial charge in [-0.2, -0.15) is 4.80 Å². The van der Waals surface area contributed by atoms with Crippen LogP contribution in [0.3, 0.4) is 0 Å². The summed E-state index contributed by atoms with van der Waals surface area (Å²) < 4.78 is 11.6. The summed E-state index contributed by atoms with van der Waals surface area (Å²) in [6.45, 7) is 5.92. The number of benzene rings is 2. The maximum Gasteiger partial charge on any atom is 0.247 e. The van der Waals surface area contributed by atoms with E-state index in [2.05, 4.69) is 20.7 Å². The molecule has 39 heavy (non-hydrogen) atoms. The van der Waals surface area contributed by atoms with Crippen molar-refractivity contribution in [3.05, 3.63) is 65.2 Å². The van der Waals surface area contributed by atoms with Crippen LogP contribution in [0.25, 0.3) is 11.4 Å². The van der Waals surface area contributed by atoms with E-state index >= 15 is 0 Å². The number of amides is 2. The third-order valence-electron chi connectivity index (χ3n) is 7.27. The molecule has 2 aliphatic rings. The minimum atomic E-state index is -0.830. The number of rotatable bonds is 10. The lowest BCUT2D eigenvalue weighted by molar-refractivity contribution is -0.143. The summed E-state index contributed by atoms with van der Waals surface area (Å²) in [6, 6.07) is 14.7. The van der Waals surface area contributed by atoms with Gasteiger partial charge in [0.05, 0.1) is 12.2 Å². The van der Waals surface area contributed by atoms with Gasteiger partial charge < -0.3 is 19.7 Å². The van der Waals surface area contributed by atoms with Gasteiger partial charge in [-0.1, -0.05) is 59.7 Å². The van der Waals surface area contributed by atoms with Crippen LogP contribution in [0.1, 0.15) is 48.4 Å². The highest BCUT2D eigenvalue weighted by atomic mass is 16.5. The third-order valence-corrected chi connectivity index (χ3v) is 7.27. The highest BCUT2D eigenvalue weighted by Gasteiger charge is 2.35. The minimum Gasteiger partial charge on any atom is -0.376 e. The fourth-order valence-electron chi connectivity index (χ4n) is 5.04. The lowest BCUT2D eigenvalue weighted by Crippen LogP contribution is -2.48. The standard InChI is InChI=1S/C29H36N6O4/c1-20-7-11-22(12-8-20)27(29(37)30-17-24-5-3-15-38-24)34(18-25-6-4-16-39-25)26(36)19-35-32-28(31-33-35)23-13-9-21(2)10-14-23/h7-14,24-25,27H,3-6,15-19H2,1-2H3,(H,30,37). The van der Waals surface area contributed by atoms with E-state index in [1.807, 2.05) is 62.4 Å². The van der Waals surface area contributed by atoms with E-state index in [4.69, 9.17) is 9.47 Å². The second-order valence-corrected chi connectivity index (χ2v) is 10.4. The van der Waals surface area contributed by atoms with E-state index in [1.165, 1.54) is 4.80 Å². The molecule has 10 nitrogen and oxygen atoms in total. The summed E-state index contributed by atoms with van der Waals surface area (Å²) in [7, 11) is 0. The molecule has 3 atom stereocenters. The number of aryl methyl sites for hydroxylation is 2. The molecule has 1 N–H and O–H groups in total. The van der Waals surface area contributed by atoms with Gasteiger partial charge in [-0.3, -0.25) is 9.59 Å². The zero-order chi connectivity index (χ0) is 27.2. The van der Waals surface area contributed by atoms with Gasteiger partial charge in [0.25, 0.3) is 0 Å². The summed E-state index contributed by atoms with van der Waals surface area (Å²) in [5, 5.41) is 15.8.